The van der Waals surface area contributed by atoms with Gasteiger partial charge in [-0.15, -0.1) is 0 Å². The zero-order valence-corrected chi connectivity index (χ0v) is 17.8. The maximum atomic E-state index is 11.4. The molecule has 0 saturated heterocycles. The number of nitrogens with one attached hydrogen (secondary N) is 1. The van der Waals surface area contributed by atoms with E-state index in [1.54, 1.807) is 7.05 Å². The van der Waals surface area contributed by atoms with Crippen LogP contribution in [0.3, 0.4) is 0 Å². The summed E-state index contributed by atoms with van der Waals surface area (Å²) < 4.78 is 2.37. The Morgan fingerprint density at radius 1 is 0.818 bits per heavy atom. The molecule has 0 unspecified atom stereocenters. The van der Waals surface area contributed by atoms with Crippen LogP contribution in [0.25, 0.3) is 11.2 Å². The first-order valence-corrected chi connectivity index (χ1v) is 9.24. The highest BCUT2D eigenvalue weighted by molar-refractivity contribution is 5.73. The van der Waals surface area contributed by atoms with Gasteiger partial charge in [0.25, 0.3) is 5.56 Å². The number of aromatic amines is 1. The van der Waals surface area contributed by atoms with Gasteiger partial charge >= 0.3 is 29.6 Å². The number of imidazole rings is 1. The predicted molar refractivity (Wildman–Crippen MR) is 110 cm³/mol. The second-order valence-electron chi connectivity index (χ2n) is 6.80. The summed E-state index contributed by atoms with van der Waals surface area (Å²) in [7, 11) is 3.01. The number of aromatic nitrogens is 4. The molecule has 0 aromatic carbocycles. The Balaban J connectivity index is 0.000000357. The standard InChI is InChI=1S/C10H16N2O8.C7H8N4O2/c13-7(14)3-11(4-8(15)16)1-2-12(5-9(17)18)6-10(19)20;1-10-5-4(8-3-9-5)6(12)11(2)7(10)13/h1-6H2,(H,13,14)(H,15,16)(H,17,18)(H,19,20);3H,1-2H3,(H,8,9). The predicted octanol–water partition coefficient (Wildman–Crippen LogP) is -3.11. The van der Waals surface area contributed by atoms with Crippen LogP contribution in [0.1, 0.15) is 0 Å². The maximum Gasteiger partial charge on any atom is 0.332 e. The van der Waals surface area contributed by atoms with Crippen molar-refractivity contribution in [2.24, 2.45) is 14.1 Å². The number of carbonyl (C=O) groups is 4. The Morgan fingerprint density at radius 3 is 1.58 bits per heavy atom. The van der Waals surface area contributed by atoms with Crippen molar-refractivity contribution >= 4 is 35.0 Å². The molecule has 33 heavy (non-hydrogen) atoms. The van der Waals surface area contributed by atoms with Crippen LogP contribution in [-0.4, -0.2) is 112 Å². The molecular formula is C17H24N6O10. The van der Waals surface area contributed by atoms with Crippen LogP contribution in [0.2, 0.25) is 0 Å². The van der Waals surface area contributed by atoms with E-state index >= 15 is 0 Å². The summed E-state index contributed by atoms with van der Waals surface area (Å²) in [6.07, 6.45) is 1.39. The first kappa shape index (κ1) is 27.0. The molecule has 0 bridgehead atoms. The number of carboxylic acids is 4. The van der Waals surface area contributed by atoms with Gasteiger partial charge in [-0.2, -0.15) is 0 Å². The molecule has 5 N–H and O–H groups in total. The van der Waals surface area contributed by atoms with Crippen molar-refractivity contribution in [2.75, 3.05) is 39.3 Å². The molecule has 2 heterocycles. The summed E-state index contributed by atoms with van der Waals surface area (Å²) in [4.78, 5) is 73.7. The molecule has 16 nitrogen and oxygen atoms in total. The van der Waals surface area contributed by atoms with Crippen molar-refractivity contribution in [1.29, 1.82) is 0 Å². The molecule has 0 atom stereocenters. The Labute approximate surface area is 184 Å². The van der Waals surface area contributed by atoms with E-state index < -0.39 is 50.1 Å². The quantitative estimate of drug-likeness (QED) is 0.218. The molecule has 0 aliphatic heterocycles. The van der Waals surface area contributed by atoms with Gasteiger partial charge in [0.1, 0.15) is 5.52 Å². The number of aliphatic carboxylic acids is 4. The molecule has 0 radical (unpaired) electrons. The summed E-state index contributed by atoms with van der Waals surface area (Å²) in [5.41, 5.74) is 0.0119. The van der Waals surface area contributed by atoms with Crippen LogP contribution in [0.5, 0.6) is 0 Å². The van der Waals surface area contributed by atoms with Crippen molar-refractivity contribution in [3.63, 3.8) is 0 Å². The lowest BCUT2D eigenvalue weighted by molar-refractivity contribution is -0.145. The van der Waals surface area contributed by atoms with Gasteiger partial charge in [0, 0.05) is 27.2 Å². The van der Waals surface area contributed by atoms with Crippen LogP contribution in [-0.2, 0) is 33.3 Å². The smallest absolute Gasteiger partial charge is 0.332 e. The molecule has 0 aliphatic carbocycles. The molecule has 0 saturated carbocycles. The van der Waals surface area contributed by atoms with Crippen molar-refractivity contribution in [3.8, 4) is 0 Å². The highest BCUT2D eigenvalue weighted by Crippen LogP contribution is 1.97. The van der Waals surface area contributed by atoms with E-state index in [-0.39, 0.29) is 24.3 Å². The Hall–Kier alpha value is -4.05. The average molecular weight is 472 g/mol. The first-order valence-electron chi connectivity index (χ1n) is 9.24. The van der Waals surface area contributed by atoms with Crippen LogP contribution in [0.15, 0.2) is 15.9 Å². The van der Waals surface area contributed by atoms with Crippen LogP contribution < -0.4 is 11.2 Å². The van der Waals surface area contributed by atoms with Gasteiger partial charge in [0.05, 0.1) is 32.5 Å². The Kier molecular flexibility index (Phi) is 9.90. The molecule has 0 aliphatic rings. The minimum absolute atomic E-state index is 0.0703. The van der Waals surface area contributed by atoms with Crippen molar-refractivity contribution in [1.82, 2.24) is 28.9 Å². The third-order valence-corrected chi connectivity index (χ3v) is 4.20. The molecule has 2 rings (SSSR count). The second kappa shape index (κ2) is 12.1. The van der Waals surface area contributed by atoms with E-state index in [0.717, 1.165) is 14.4 Å². The SMILES string of the molecule is Cn1c(=O)c2[nH]cnc2n(C)c1=O.O=C(O)CN(CCN(CC(=O)O)CC(=O)O)CC(=O)O. The van der Waals surface area contributed by atoms with Gasteiger partial charge in [0.2, 0.25) is 0 Å². The number of rotatable bonds is 11. The number of hydrogen-bond donors (Lipinski definition) is 5. The Morgan fingerprint density at radius 2 is 1.21 bits per heavy atom. The van der Waals surface area contributed by atoms with Gasteiger partial charge in [-0.1, -0.05) is 0 Å². The van der Waals surface area contributed by atoms with Gasteiger partial charge in [0.15, 0.2) is 5.65 Å². The highest BCUT2D eigenvalue weighted by Gasteiger charge is 2.18. The van der Waals surface area contributed by atoms with Gasteiger partial charge < -0.3 is 25.4 Å². The topological polar surface area (TPSA) is 228 Å². The second-order valence-corrected chi connectivity index (χ2v) is 6.80. The Bertz CT molecular complexity index is 1070. The number of aryl methyl sites for hydroxylation is 1. The lowest BCUT2D eigenvalue weighted by atomic mass is 10.4. The van der Waals surface area contributed by atoms with Crippen molar-refractivity contribution in [2.45, 2.75) is 0 Å². The monoisotopic (exact) mass is 472 g/mol. The van der Waals surface area contributed by atoms with Crippen LogP contribution in [0.4, 0.5) is 0 Å². The van der Waals surface area contributed by atoms with E-state index in [0.29, 0.717) is 11.2 Å². The first-order chi connectivity index (χ1) is 15.3. The third-order valence-electron chi connectivity index (χ3n) is 4.20. The van der Waals surface area contributed by atoms with Crippen molar-refractivity contribution in [3.05, 3.63) is 27.2 Å². The summed E-state index contributed by atoms with van der Waals surface area (Å²) in [5.74, 6) is -4.91. The third kappa shape index (κ3) is 8.54. The van der Waals surface area contributed by atoms with Crippen LogP contribution in [0, 0.1) is 0 Å². The number of nitrogens with zero attached hydrogens (tertiary/aromatic N) is 5. The molecule has 0 amide bonds. The number of H-pyrrole nitrogens is 1. The molecule has 0 fully saturated rings. The fourth-order valence-corrected chi connectivity index (χ4v) is 2.74. The van der Waals surface area contributed by atoms with Gasteiger partial charge in [-0.25, -0.2) is 9.78 Å². The summed E-state index contributed by atoms with van der Waals surface area (Å²) >= 11 is 0. The molecule has 2 aromatic heterocycles. The number of carboxylic acid groups (broad SMARTS) is 4. The van der Waals surface area contributed by atoms with E-state index in [2.05, 4.69) is 9.97 Å². The fraction of sp³-hybridized carbons (Fsp3) is 0.471. The highest BCUT2D eigenvalue weighted by atomic mass is 16.4. The molecule has 16 heteroatoms. The lowest BCUT2D eigenvalue weighted by Crippen LogP contribution is -2.43. The summed E-state index contributed by atoms with van der Waals surface area (Å²) in [5, 5.41) is 34.5. The largest absolute Gasteiger partial charge is 0.480 e. The molecule has 2 aromatic rings. The minimum atomic E-state index is -1.23. The molecule has 182 valence electrons. The minimum Gasteiger partial charge on any atom is -0.480 e. The summed E-state index contributed by atoms with van der Waals surface area (Å²) in [6.45, 7) is -2.25. The van der Waals surface area contributed by atoms with Crippen molar-refractivity contribution < 1.29 is 39.6 Å². The normalized spacial score (nSPS) is 10.8. The maximum absolute atomic E-state index is 11.4. The zero-order valence-electron chi connectivity index (χ0n) is 17.8. The molecular weight excluding hydrogens is 448 g/mol. The number of hydrogen-bond acceptors (Lipinski definition) is 9. The fourth-order valence-electron chi connectivity index (χ4n) is 2.74. The van der Waals surface area contributed by atoms with E-state index in [9.17, 15) is 28.8 Å². The average Bonchev–Trinajstić information content (AvgIpc) is 3.17. The van der Waals surface area contributed by atoms with E-state index in [1.165, 1.54) is 17.9 Å². The van der Waals surface area contributed by atoms with Gasteiger partial charge in [-0.05, 0) is 0 Å². The van der Waals surface area contributed by atoms with Crippen LogP contribution >= 0.6 is 0 Å². The molecule has 0 spiro atoms. The van der Waals surface area contributed by atoms with E-state index in [1.807, 2.05) is 0 Å². The van der Waals surface area contributed by atoms with Gasteiger partial charge in [-0.3, -0.25) is 42.9 Å². The summed E-state index contributed by atoms with van der Waals surface area (Å²) in [6, 6.07) is 0. The number of fused-ring (bicyclic) bond motifs is 1. The zero-order chi connectivity index (χ0) is 25.3. The van der Waals surface area contributed by atoms with E-state index in [4.69, 9.17) is 20.4 Å². The lowest BCUT2D eigenvalue weighted by Gasteiger charge is -2.23.